The average molecular weight is 544 g/mol. The maximum Gasteiger partial charge on any atom is 0.182 e. The molecule has 0 unspecified atom stereocenters. The number of benzene rings is 4. The van der Waals surface area contributed by atoms with Crippen LogP contribution in [0.4, 0.5) is 0 Å². The van der Waals surface area contributed by atoms with Crippen LogP contribution < -0.4 is 0 Å². The van der Waals surface area contributed by atoms with Gasteiger partial charge in [-0.1, -0.05) is 56.1 Å². The van der Waals surface area contributed by atoms with Crippen LogP contribution in [0.5, 0.6) is 0 Å². The zero-order chi connectivity index (χ0) is 21.7. The molecule has 0 amide bonds. The first-order chi connectivity index (χ1) is 15.7. The zero-order valence-electron chi connectivity index (χ0n) is 16.8. The van der Waals surface area contributed by atoms with Crippen molar-refractivity contribution in [3.63, 3.8) is 0 Å². The second-order valence-corrected chi connectivity index (χ2v) is 9.30. The van der Waals surface area contributed by atoms with Gasteiger partial charge in [-0.2, -0.15) is 0 Å². The van der Waals surface area contributed by atoms with E-state index in [1.165, 1.54) is 0 Å². The summed E-state index contributed by atoms with van der Waals surface area (Å²) < 4.78 is 6.43. The van der Waals surface area contributed by atoms with Gasteiger partial charge in [-0.05, 0) is 72.8 Å². The molecule has 4 aromatic carbocycles. The fourth-order valence-corrected chi connectivity index (χ4v) is 4.58. The van der Waals surface area contributed by atoms with Crippen molar-refractivity contribution in [3.8, 4) is 23.0 Å². The lowest BCUT2D eigenvalue weighted by Gasteiger charge is -2.12. The minimum Gasteiger partial charge on any atom is -0.290 e. The Morgan fingerprint density at radius 3 is 1.25 bits per heavy atom. The SMILES string of the molecule is Brc1ccc(-n2c(-c3nc4ccccc4n3-c3ccc(Br)cc3)nc3ccccc32)cc1. The number of rotatable bonds is 3. The van der Waals surface area contributed by atoms with Crippen LogP contribution in [0.15, 0.2) is 106 Å². The molecule has 0 atom stereocenters. The standard InChI is InChI=1S/C26H16Br2N4/c27-17-9-13-19(14-10-17)31-23-7-3-1-5-21(23)29-25(31)26-30-22-6-2-4-8-24(22)32(26)20-15-11-18(28)12-16-20/h1-16H. The molecule has 0 saturated heterocycles. The van der Waals surface area contributed by atoms with Gasteiger partial charge in [0.1, 0.15) is 0 Å². The summed E-state index contributed by atoms with van der Waals surface area (Å²) in [5.41, 5.74) is 6.01. The quantitative estimate of drug-likeness (QED) is 0.231. The molecule has 32 heavy (non-hydrogen) atoms. The minimum atomic E-state index is 0.799. The molecule has 0 fully saturated rings. The van der Waals surface area contributed by atoms with E-state index in [4.69, 9.17) is 9.97 Å². The molecule has 0 aliphatic heterocycles. The maximum absolute atomic E-state index is 5.04. The third-order valence-electron chi connectivity index (χ3n) is 5.49. The maximum atomic E-state index is 5.04. The molecule has 0 aliphatic carbocycles. The molecular weight excluding hydrogens is 528 g/mol. The fourth-order valence-electron chi connectivity index (χ4n) is 4.06. The smallest absolute Gasteiger partial charge is 0.182 e. The van der Waals surface area contributed by atoms with Crippen molar-refractivity contribution in [3.05, 3.63) is 106 Å². The predicted molar refractivity (Wildman–Crippen MR) is 137 cm³/mol. The van der Waals surface area contributed by atoms with Crippen molar-refractivity contribution in [2.75, 3.05) is 0 Å². The lowest BCUT2D eigenvalue weighted by atomic mass is 10.2. The first-order valence-electron chi connectivity index (χ1n) is 10.2. The van der Waals surface area contributed by atoms with Crippen LogP contribution in [-0.2, 0) is 0 Å². The van der Waals surface area contributed by atoms with Crippen LogP contribution in [0.2, 0.25) is 0 Å². The monoisotopic (exact) mass is 542 g/mol. The van der Waals surface area contributed by atoms with Gasteiger partial charge in [0.25, 0.3) is 0 Å². The Kier molecular flexibility index (Phi) is 4.70. The normalized spacial score (nSPS) is 11.4. The Morgan fingerprint density at radius 2 is 0.844 bits per heavy atom. The average Bonchev–Trinajstić information content (AvgIpc) is 3.39. The van der Waals surface area contributed by atoms with Crippen LogP contribution in [0.25, 0.3) is 45.1 Å². The summed E-state index contributed by atoms with van der Waals surface area (Å²) in [6.45, 7) is 0. The van der Waals surface area contributed by atoms with Gasteiger partial charge in [0.15, 0.2) is 11.6 Å². The van der Waals surface area contributed by atoms with E-state index in [1.807, 2.05) is 60.7 Å². The number of hydrogen-bond acceptors (Lipinski definition) is 2. The van der Waals surface area contributed by atoms with Gasteiger partial charge in [-0.15, -0.1) is 0 Å². The molecule has 0 aliphatic rings. The van der Waals surface area contributed by atoms with Gasteiger partial charge in [-0.3, -0.25) is 9.13 Å². The van der Waals surface area contributed by atoms with E-state index in [2.05, 4.69) is 77.4 Å². The second kappa shape index (κ2) is 7.73. The summed E-state index contributed by atoms with van der Waals surface area (Å²) in [4.78, 5) is 10.1. The number of hydrogen-bond donors (Lipinski definition) is 0. The molecule has 2 aromatic heterocycles. The molecule has 6 rings (SSSR count). The third-order valence-corrected chi connectivity index (χ3v) is 6.55. The zero-order valence-corrected chi connectivity index (χ0v) is 20.0. The highest BCUT2D eigenvalue weighted by atomic mass is 79.9. The Bertz CT molecular complexity index is 1460. The number of imidazole rings is 2. The minimum absolute atomic E-state index is 0.799. The highest BCUT2D eigenvalue weighted by Crippen LogP contribution is 2.33. The Labute approximate surface area is 201 Å². The van der Waals surface area contributed by atoms with Crippen molar-refractivity contribution in [1.29, 1.82) is 0 Å². The number of nitrogens with zero attached hydrogens (tertiary/aromatic N) is 4. The molecular formula is C26H16Br2N4. The summed E-state index contributed by atoms with van der Waals surface area (Å²) in [5, 5.41) is 0. The van der Waals surface area contributed by atoms with Crippen molar-refractivity contribution in [2.45, 2.75) is 0 Å². The van der Waals surface area contributed by atoms with Crippen LogP contribution in [0, 0.1) is 0 Å². The number of para-hydroxylation sites is 4. The van der Waals surface area contributed by atoms with Crippen molar-refractivity contribution >= 4 is 53.9 Å². The molecule has 0 saturated carbocycles. The van der Waals surface area contributed by atoms with E-state index in [0.717, 1.165) is 54.0 Å². The summed E-state index contributed by atoms with van der Waals surface area (Å²) >= 11 is 7.10. The van der Waals surface area contributed by atoms with Crippen molar-refractivity contribution in [2.24, 2.45) is 0 Å². The molecule has 6 heteroatoms. The molecule has 2 heterocycles. The van der Waals surface area contributed by atoms with E-state index in [9.17, 15) is 0 Å². The lowest BCUT2D eigenvalue weighted by molar-refractivity contribution is 1.02. The molecule has 0 N–H and O–H groups in total. The predicted octanol–water partition coefficient (Wildman–Crippen LogP) is 7.56. The second-order valence-electron chi connectivity index (χ2n) is 7.47. The van der Waals surface area contributed by atoms with Gasteiger partial charge in [0.05, 0.1) is 22.1 Å². The molecule has 4 nitrogen and oxygen atoms in total. The third kappa shape index (κ3) is 3.18. The Morgan fingerprint density at radius 1 is 0.469 bits per heavy atom. The number of fused-ring (bicyclic) bond motifs is 2. The van der Waals surface area contributed by atoms with Crippen molar-refractivity contribution in [1.82, 2.24) is 19.1 Å². The van der Waals surface area contributed by atoms with Crippen LogP contribution >= 0.6 is 31.9 Å². The van der Waals surface area contributed by atoms with E-state index >= 15 is 0 Å². The topological polar surface area (TPSA) is 35.6 Å². The molecule has 6 aromatic rings. The summed E-state index contributed by atoms with van der Waals surface area (Å²) in [5.74, 6) is 1.60. The van der Waals surface area contributed by atoms with Crippen LogP contribution in [0.3, 0.4) is 0 Å². The van der Waals surface area contributed by atoms with Crippen LogP contribution in [0.1, 0.15) is 0 Å². The Balaban J connectivity index is 1.71. The summed E-state index contributed by atoms with van der Waals surface area (Å²) in [6.07, 6.45) is 0. The van der Waals surface area contributed by atoms with Gasteiger partial charge in [0.2, 0.25) is 0 Å². The largest absolute Gasteiger partial charge is 0.290 e. The van der Waals surface area contributed by atoms with Gasteiger partial charge < -0.3 is 0 Å². The van der Waals surface area contributed by atoms with E-state index in [1.54, 1.807) is 0 Å². The first kappa shape index (κ1) is 19.5. The fraction of sp³-hybridized carbons (Fsp3) is 0. The summed E-state index contributed by atoms with van der Waals surface area (Å²) in [7, 11) is 0. The lowest BCUT2D eigenvalue weighted by Crippen LogP contribution is -2.03. The molecule has 154 valence electrons. The van der Waals surface area contributed by atoms with Gasteiger partial charge in [0, 0.05) is 20.3 Å². The highest BCUT2D eigenvalue weighted by Gasteiger charge is 2.21. The first-order valence-corrected chi connectivity index (χ1v) is 11.7. The number of aromatic nitrogens is 4. The number of halogens is 2. The van der Waals surface area contributed by atoms with E-state index in [-0.39, 0.29) is 0 Å². The van der Waals surface area contributed by atoms with Gasteiger partial charge in [-0.25, -0.2) is 9.97 Å². The van der Waals surface area contributed by atoms with Crippen LogP contribution in [-0.4, -0.2) is 19.1 Å². The van der Waals surface area contributed by atoms with Crippen molar-refractivity contribution < 1.29 is 0 Å². The highest BCUT2D eigenvalue weighted by molar-refractivity contribution is 9.10. The molecule has 0 bridgehead atoms. The van der Waals surface area contributed by atoms with E-state index < -0.39 is 0 Å². The van der Waals surface area contributed by atoms with Gasteiger partial charge >= 0.3 is 0 Å². The molecule has 0 spiro atoms. The Hall–Kier alpha value is -3.22. The van der Waals surface area contributed by atoms with E-state index in [0.29, 0.717) is 0 Å². The molecule has 0 radical (unpaired) electrons. The summed E-state index contributed by atoms with van der Waals surface area (Å²) in [6, 6.07) is 33.0.